The van der Waals surface area contributed by atoms with Crippen molar-refractivity contribution in [1.29, 1.82) is 0 Å². The normalized spacial score (nSPS) is 11.4. The molecular formula is C26H23F3N4. The van der Waals surface area contributed by atoms with Gasteiger partial charge in [-0.3, -0.25) is 0 Å². The number of hydrogen-bond donors (Lipinski definition) is 1. The van der Waals surface area contributed by atoms with E-state index in [2.05, 4.69) is 32.4 Å². The minimum atomic E-state index is -4.38. The highest BCUT2D eigenvalue weighted by molar-refractivity contribution is 5.54. The zero-order chi connectivity index (χ0) is 23.4. The molecule has 0 spiro atoms. The van der Waals surface area contributed by atoms with Crippen molar-refractivity contribution in [3.63, 3.8) is 0 Å². The molecule has 7 heteroatoms. The Hall–Kier alpha value is -3.74. The van der Waals surface area contributed by atoms with Crippen LogP contribution in [0.1, 0.15) is 39.5 Å². The third-order valence-corrected chi connectivity index (χ3v) is 5.09. The summed E-state index contributed by atoms with van der Waals surface area (Å²) in [4.78, 5) is 13.7. The van der Waals surface area contributed by atoms with Crippen molar-refractivity contribution in [2.75, 3.05) is 5.32 Å². The molecule has 1 N–H and O–H groups in total. The molecule has 0 amide bonds. The van der Waals surface area contributed by atoms with E-state index in [1.807, 2.05) is 50.2 Å². The van der Waals surface area contributed by atoms with Crippen LogP contribution in [0.3, 0.4) is 0 Å². The number of anilines is 2. The summed E-state index contributed by atoms with van der Waals surface area (Å²) < 4.78 is 38.6. The third-order valence-electron chi connectivity index (χ3n) is 5.09. The number of benzene rings is 3. The molecule has 4 nitrogen and oxygen atoms in total. The van der Waals surface area contributed by atoms with Crippen LogP contribution in [0, 0.1) is 13.8 Å². The van der Waals surface area contributed by atoms with Crippen molar-refractivity contribution >= 4 is 11.6 Å². The molecule has 1 heterocycles. The van der Waals surface area contributed by atoms with Crippen LogP contribution in [0.2, 0.25) is 0 Å². The van der Waals surface area contributed by atoms with Crippen molar-refractivity contribution in [2.45, 2.75) is 32.9 Å². The fourth-order valence-electron chi connectivity index (χ4n) is 3.56. The van der Waals surface area contributed by atoms with Crippen LogP contribution < -0.4 is 5.32 Å². The smallest absolute Gasteiger partial charge is 0.324 e. The first-order valence-corrected chi connectivity index (χ1v) is 10.5. The van der Waals surface area contributed by atoms with E-state index in [0.717, 1.165) is 34.4 Å². The van der Waals surface area contributed by atoms with Gasteiger partial charge in [-0.25, -0.2) is 4.98 Å². The van der Waals surface area contributed by atoms with Gasteiger partial charge < -0.3 is 5.32 Å². The molecular weight excluding hydrogens is 425 g/mol. The summed E-state index contributed by atoms with van der Waals surface area (Å²) in [5, 5.41) is 3.03. The molecule has 0 atom stereocenters. The predicted molar refractivity (Wildman–Crippen MR) is 123 cm³/mol. The summed E-state index contributed by atoms with van der Waals surface area (Å²) in [5.74, 6) is 1.48. The van der Waals surface area contributed by atoms with E-state index in [4.69, 9.17) is 0 Å². The average molecular weight is 448 g/mol. The highest BCUT2D eigenvalue weighted by Crippen LogP contribution is 2.30. The minimum absolute atomic E-state index is 0.301. The molecule has 0 aliphatic rings. The number of rotatable bonds is 6. The lowest BCUT2D eigenvalue weighted by Crippen LogP contribution is -2.09. The Kier molecular flexibility index (Phi) is 6.40. The van der Waals surface area contributed by atoms with Gasteiger partial charge in [-0.2, -0.15) is 23.1 Å². The maximum Gasteiger partial charge on any atom is 0.416 e. The number of nitrogens with one attached hydrogen (secondary N) is 1. The van der Waals surface area contributed by atoms with Crippen LogP contribution in [-0.2, 0) is 19.0 Å². The number of alkyl halides is 3. The monoisotopic (exact) mass is 448 g/mol. The first-order valence-electron chi connectivity index (χ1n) is 10.5. The number of nitrogens with zero attached hydrogens (tertiary/aromatic N) is 3. The first kappa shape index (κ1) is 22.5. The molecule has 1 aromatic heterocycles. The summed E-state index contributed by atoms with van der Waals surface area (Å²) >= 11 is 0. The van der Waals surface area contributed by atoms with E-state index >= 15 is 0 Å². The van der Waals surface area contributed by atoms with Gasteiger partial charge in [0.1, 0.15) is 11.6 Å². The second kappa shape index (κ2) is 9.40. The number of aryl methyl sites for hydroxylation is 2. The van der Waals surface area contributed by atoms with Gasteiger partial charge in [-0.15, -0.1) is 0 Å². The molecule has 0 aliphatic heterocycles. The van der Waals surface area contributed by atoms with Gasteiger partial charge >= 0.3 is 6.18 Å². The van der Waals surface area contributed by atoms with Gasteiger partial charge in [-0.1, -0.05) is 59.7 Å². The van der Waals surface area contributed by atoms with Crippen LogP contribution in [-0.4, -0.2) is 15.0 Å². The second-order valence-corrected chi connectivity index (χ2v) is 8.02. The Balaban J connectivity index is 1.64. The maximum absolute atomic E-state index is 12.9. The summed E-state index contributed by atoms with van der Waals surface area (Å²) in [6.07, 6.45) is -3.34. The molecule has 168 valence electrons. The van der Waals surface area contributed by atoms with Crippen molar-refractivity contribution in [3.05, 3.63) is 112 Å². The average Bonchev–Trinajstić information content (AvgIpc) is 2.73. The van der Waals surface area contributed by atoms with E-state index in [-0.39, 0.29) is 0 Å². The third kappa shape index (κ3) is 6.16. The largest absolute Gasteiger partial charge is 0.416 e. The van der Waals surface area contributed by atoms with Gasteiger partial charge in [0, 0.05) is 18.5 Å². The predicted octanol–water partition coefficient (Wildman–Crippen LogP) is 6.43. The molecule has 0 bridgehead atoms. The van der Waals surface area contributed by atoms with Gasteiger partial charge in [0.2, 0.25) is 5.95 Å². The van der Waals surface area contributed by atoms with E-state index in [0.29, 0.717) is 36.1 Å². The number of halogens is 3. The molecule has 33 heavy (non-hydrogen) atoms. The Labute approximate surface area is 190 Å². The van der Waals surface area contributed by atoms with E-state index < -0.39 is 11.7 Å². The van der Waals surface area contributed by atoms with Crippen molar-refractivity contribution < 1.29 is 13.2 Å². The minimum Gasteiger partial charge on any atom is -0.324 e. The van der Waals surface area contributed by atoms with Crippen molar-refractivity contribution in [1.82, 2.24) is 15.0 Å². The lowest BCUT2D eigenvalue weighted by Gasteiger charge is -2.11. The molecule has 0 unspecified atom stereocenters. The fourth-order valence-corrected chi connectivity index (χ4v) is 3.56. The Morgan fingerprint density at radius 3 is 1.67 bits per heavy atom. The Morgan fingerprint density at radius 1 is 0.697 bits per heavy atom. The van der Waals surface area contributed by atoms with Crippen molar-refractivity contribution in [2.24, 2.45) is 0 Å². The highest BCUT2D eigenvalue weighted by Gasteiger charge is 2.29. The second-order valence-electron chi connectivity index (χ2n) is 8.02. The summed E-state index contributed by atoms with van der Waals surface area (Å²) in [6, 6.07) is 21.0. The van der Waals surface area contributed by atoms with Crippen LogP contribution in [0.5, 0.6) is 0 Å². The van der Waals surface area contributed by atoms with Crippen LogP contribution in [0.4, 0.5) is 24.8 Å². The lowest BCUT2D eigenvalue weighted by atomic mass is 10.1. The van der Waals surface area contributed by atoms with Crippen LogP contribution >= 0.6 is 0 Å². The molecule has 0 aliphatic carbocycles. The van der Waals surface area contributed by atoms with E-state index in [1.165, 1.54) is 12.1 Å². The van der Waals surface area contributed by atoms with Gasteiger partial charge in [0.25, 0.3) is 0 Å². The molecule has 0 radical (unpaired) electrons. The topological polar surface area (TPSA) is 50.7 Å². The molecule has 0 saturated heterocycles. The Bertz CT molecular complexity index is 1190. The molecule has 0 saturated carbocycles. The molecule has 0 fully saturated rings. The first-order chi connectivity index (χ1) is 15.7. The standard InChI is InChI=1S/C26H23F3N4/c1-17-5-3-7-19(13-17)15-23-31-24(16-20-8-4-6-18(2)14-20)33-25(32-23)30-22-11-9-21(10-12-22)26(27,28)29/h3-14H,15-16H2,1-2H3,(H,30,31,32,33). The SMILES string of the molecule is Cc1cccc(Cc2nc(Cc3cccc(C)c3)nc(Nc3ccc(C(F)(F)F)cc3)n2)c1. The Morgan fingerprint density at radius 2 is 1.21 bits per heavy atom. The summed E-state index contributed by atoms with van der Waals surface area (Å²) in [6.45, 7) is 4.05. The zero-order valence-electron chi connectivity index (χ0n) is 18.3. The van der Waals surface area contributed by atoms with E-state index in [9.17, 15) is 13.2 Å². The quantitative estimate of drug-likeness (QED) is 0.369. The van der Waals surface area contributed by atoms with Crippen LogP contribution in [0.25, 0.3) is 0 Å². The number of hydrogen-bond acceptors (Lipinski definition) is 4. The van der Waals surface area contributed by atoms with Crippen molar-refractivity contribution in [3.8, 4) is 0 Å². The van der Waals surface area contributed by atoms with Crippen LogP contribution in [0.15, 0.2) is 72.8 Å². The maximum atomic E-state index is 12.9. The van der Waals surface area contributed by atoms with Gasteiger partial charge in [0.15, 0.2) is 0 Å². The lowest BCUT2D eigenvalue weighted by molar-refractivity contribution is -0.137. The molecule has 3 aromatic carbocycles. The highest BCUT2D eigenvalue weighted by atomic mass is 19.4. The summed E-state index contributed by atoms with van der Waals surface area (Å²) in [7, 11) is 0. The summed E-state index contributed by atoms with van der Waals surface area (Å²) in [5.41, 5.74) is 4.20. The fraction of sp³-hybridized carbons (Fsp3) is 0.192. The van der Waals surface area contributed by atoms with Gasteiger partial charge in [-0.05, 0) is 49.2 Å². The zero-order valence-corrected chi connectivity index (χ0v) is 18.3. The molecule has 4 aromatic rings. The molecule has 4 rings (SSSR count). The van der Waals surface area contributed by atoms with Gasteiger partial charge in [0.05, 0.1) is 5.56 Å². The van der Waals surface area contributed by atoms with E-state index in [1.54, 1.807) is 0 Å². The number of aromatic nitrogens is 3.